The number of hydrogen-bond acceptors (Lipinski definition) is 5. The number of benzene rings is 3. The van der Waals surface area contributed by atoms with Crippen LogP contribution < -0.4 is 10.3 Å². The van der Waals surface area contributed by atoms with Gasteiger partial charge in [-0.15, -0.1) is 0 Å². The third kappa shape index (κ3) is 4.38. The zero-order valence-electron chi connectivity index (χ0n) is 16.4. The Kier molecular flexibility index (Phi) is 5.44. The van der Waals surface area contributed by atoms with Gasteiger partial charge in [0.1, 0.15) is 5.75 Å². The Morgan fingerprint density at radius 2 is 1.66 bits per heavy atom. The Balaban J connectivity index is 1.40. The Morgan fingerprint density at radius 1 is 1.00 bits per heavy atom. The van der Waals surface area contributed by atoms with E-state index in [9.17, 15) is 9.90 Å². The Labute approximate surface area is 170 Å². The maximum Gasteiger partial charge on any atom is 0.275 e. The minimum absolute atomic E-state index is 0.0621. The third-order valence-electron chi connectivity index (χ3n) is 5.25. The quantitative estimate of drug-likeness (QED) is 0.532. The summed E-state index contributed by atoms with van der Waals surface area (Å²) in [5.41, 5.74) is 4.78. The lowest BCUT2D eigenvalue weighted by Crippen LogP contribution is -2.44. The Morgan fingerprint density at radius 3 is 2.34 bits per heavy atom. The summed E-state index contributed by atoms with van der Waals surface area (Å²) in [4.78, 5) is 17.1. The lowest BCUT2D eigenvalue weighted by molar-refractivity contribution is 0.0952. The fourth-order valence-electron chi connectivity index (χ4n) is 3.47. The second-order valence-electron chi connectivity index (χ2n) is 7.30. The van der Waals surface area contributed by atoms with Crippen LogP contribution in [-0.2, 0) is 0 Å². The molecule has 1 fully saturated rings. The summed E-state index contributed by atoms with van der Waals surface area (Å²) in [5, 5.41) is 15.9. The number of rotatable bonds is 4. The largest absolute Gasteiger partial charge is 0.507 e. The van der Waals surface area contributed by atoms with Crippen LogP contribution in [-0.4, -0.2) is 55.4 Å². The van der Waals surface area contributed by atoms with Gasteiger partial charge in [0, 0.05) is 31.9 Å². The number of nitrogens with zero attached hydrogens (tertiary/aromatic N) is 3. The van der Waals surface area contributed by atoms with Crippen molar-refractivity contribution in [3.63, 3.8) is 0 Å². The highest BCUT2D eigenvalue weighted by Gasteiger charge is 2.14. The van der Waals surface area contributed by atoms with Crippen molar-refractivity contribution in [2.45, 2.75) is 0 Å². The molecule has 3 aromatic rings. The highest BCUT2D eigenvalue weighted by atomic mass is 16.3. The summed E-state index contributed by atoms with van der Waals surface area (Å²) in [5.74, 6) is -0.508. The fraction of sp³-hybridized carbons (Fsp3) is 0.217. The van der Waals surface area contributed by atoms with Crippen molar-refractivity contribution in [3.05, 3.63) is 71.8 Å². The summed E-state index contributed by atoms with van der Waals surface area (Å²) in [6.07, 6.45) is 1.60. The van der Waals surface area contributed by atoms with Crippen molar-refractivity contribution in [2.75, 3.05) is 38.1 Å². The molecule has 0 aromatic heterocycles. The number of amides is 1. The van der Waals surface area contributed by atoms with Crippen molar-refractivity contribution >= 4 is 28.6 Å². The molecule has 29 heavy (non-hydrogen) atoms. The van der Waals surface area contributed by atoms with Gasteiger partial charge in [0.25, 0.3) is 5.91 Å². The number of phenolic OH excluding ortho intramolecular Hbond substituents is 1. The lowest BCUT2D eigenvalue weighted by atomic mass is 10.1. The molecule has 4 rings (SSSR count). The number of hydrogen-bond donors (Lipinski definition) is 2. The zero-order valence-corrected chi connectivity index (χ0v) is 16.4. The van der Waals surface area contributed by atoms with Crippen LogP contribution in [0.4, 0.5) is 5.69 Å². The second kappa shape index (κ2) is 8.32. The maximum absolute atomic E-state index is 12.4. The molecule has 0 atom stereocenters. The maximum atomic E-state index is 12.4. The minimum Gasteiger partial charge on any atom is -0.507 e. The number of aromatic hydroxyl groups is 1. The molecule has 148 valence electrons. The predicted molar refractivity (Wildman–Crippen MR) is 117 cm³/mol. The highest BCUT2D eigenvalue weighted by Crippen LogP contribution is 2.24. The fourth-order valence-corrected chi connectivity index (χ4v) is 3.47. The van der Waals surface area contributed by atoms with Crippen LogP contribution in [0.15, 0.2) is 65.8 Å². The minimum atomic E-state index is -0.446. The van der Waals surface area contributed by atoms with Gasteiger partial charge in [-0.05, 0) is 47.6 Å². The SMILES string of the molecule is CN1CCN(c2ccc(/C=N/NC(=O)c3cc4ccccc4cc3O)cc2)CC1. The number of piperazine rings is 1. The van der Waals surface area contributed by atoms with Crippen molar-refractivity contribution in [3.8, 4) is 5.75 Å². The van der Waals surface area contributed by atoms with E-state index in [0.717, 1.165) is 42.5 Å². The molecule has 1 heterocycles. The summed E-state index contributed by atoms with van der Waals surface area (Å²) in [7, 11) is 2.14. The van der Waals surface area contributed by atoms with Crippen molar-refractivity contribution < 1.29 is 9.90 Å². The highest BCUT2D eigenvalue weighted by molar-refractivity contribution is 6.01. The van der Waals surface area contributed by atoms with Crippen molar-refractivity contribution in [2.24, 2.45) is 5.10 Å². The normalized spacial score (nSPS) is 15.1. The van der Waals surface area contributed by atoms with Crippen LogP contribution >= 0.6 is 0 Å². The van der Waals surface area contributed by atoms with Crippen LogP contribution in [0.5, 0.6) is 5.75 Å². The van der Waals surface area contributed by atoms with Gasteiger partial charge in [0.15, 0.2) is 0 Å². The first-order valence-corrected chi connectivity index (χ1v) is 9.69. The third-order valence-corrected chi connectivity index (χ3v) is 5.25. The van der Waals surface area contributed by atoms with E-state index < -0.39 is 5.91 Å². The van der Waals surface area contributed by atoms with E-state index in [-0.39, 0.29) is 11.3 Å². The van der Waals surface area contributed by atoms with E-state index in [4.69, 9.17) is 0 Å². The molecule has 0 unspecified atom stereocenters. The van der Waals surface area contributed by atoms with Crippen LogP contribution in [0.2, 0.25) is 0 Å². The second-order valence-corrected chi connectivity index (χ2v) is 7.30. The Bertz CT molecular complexity index is 1040. The van der Waals surface area contributed by atoms with Gasteiger partial charge < -0.3 is 14.9 Å². The number of carbonyl (C=O) groups excluding carboxylic acids is 1. The van der Waals surface area contributed by atoms with E-state index >= 15 is 0 Å². The van der Waals surface area contributed by atoms with Gasteiger partial charge >= 0.3 is 0 Å². The molecule has 1 saturated heterocycles. The molecule has 6 heteroatoms. The van der Waals surface area contributed by atoms with Gasteiger partial charge in [-0.1, -0.05) is 36.4 Å². The topological polar surface area (TPSA) is 68.2 Å². The van der Waals surface area contributed by atoms with Crippen LogP contribution in [0.1, 0.15) is 15.9 Å². The van der Waals surface area contributed by atoms with Crippen molar-refractivity contribution in [1.29, 1.82) is 0 Å². The van der Waals surface area contributed by atoms with E-state index in [0.29, 0.717) is 0 Å². The van der Waals surface area contributed by atoms with Crippen LogP contribution in [0.3, 0.4) is 0 Å². The molecular formula is C23H24N4O2. The molecule has 6 nitrogen and oxygen atoms in total. The molecule has 1 amide bonds. The number of likely N-dealkylation sites (N-methyl/N-ethyl adjacent to an activating group) is 1. The van der Waals surface area contributed by atoms with Gasteiger partial charge in [0.2, 0.25) is 0 Å². The Hall–Kier alpha value is -3.38. The first-order chi connectivity index (χ1) is 14.1. The summed E-state index contributed by atoms with van der Waals surface area (Å²) < 4.78 is 0. The molecule has 0 aliphatic carbocycles. The standard InChI is InChI=1S/C23H24N4O2/c1-26-10-12-27(13-11-26)20-8-6-17(7-9-20)16-24-25-23(29)21-14-18-4-2-3-5-19(18)15-22(21)28/h2-9,14-16,28H,10-13H2,1H3,(H,25,29)/b24-16+. The molecule has 3 aromatic carbocycles. The smallest absolute Gasteiger partial charge is 0.275 e. The molecule has 2 N–H and O–H groups in total. The number of carbonyl (C=O) groups is 1. The summed E-state index contributed by atoms with van der Waals surface area (Å²) in [6.45, 7) is 4.18. The summed E-state index contributed by atoms with van der Waals surface area (Å²) >= 11 is 0. The monoisotopic (exact) mass is 388 g/mol. The number of hydrazone groups is 1. The van der Waals surface area contributed by atoms with Gasteiger partial charge in [0.05, 0.1) is 11.8 Å². The van der Waals surface area contributed by atoms with Crippen LogP contribution in [0.25, 0.3) is 10.8 Å². The molecule has 0 bridgehead atoms. The van der Waals surface area contributed by atoms with Crippen LogP contribution in [0, 0.1) is 0 Å². The number of nitrogens with one attached hydrogen (secondary N) is 1. The molecule has 1 aliphatic heterocycles. The predicted octanol–water partition coefficient (Wildman–Crippen LogP) is 3.06. The molecule has 0 radical (unpaired) electrons. The number of fused-ring (bicyclic) bond motifs is 1. The van der Waals surface area contributed by atoms with Gasteiger partial charge in [-0.2, -0.15) is 5.10 Å². The first-order valence-electron chi connectivity index (χ1n) is 9.69. The average Bonchev–Trinajstić information content (AvgIpc) is 2.74. The van der Waals surface area contributed by atoms with E-state index in [2.05, 4.69) is 39.5 Å². The van der Waals surface area contributed by atoms with E-state index in [1.165, 1.54) is 5.69 Å². The molecular weight excluding hydrogens is 364 g/mol. The molecule has 0 spiro atoms. The first kappa shape index (κ1) is 19.0. The van der Waals surface area contributed by atoms with Gasteiger partial charge in [-0.25, -0.2) is 5.43 Å². The number of phenols is 1. The molecule has 0 saturated carbocycles. The van der Waals surface area contributed by atoms with E-state index in [1.807, 2.05) is 36.4 Å². The zero-order chi connectivity index (χ0) is 20.2. The van der Waals surface area contributed by atoms with Gasteiger partial charge in [-0.3, -0.25) is 4.79 Å². The molecule has 1 aliphatic rings. The van der Waals surface area contributed by atoms with Crippen molar-refractivity contribution in [1.82, 2.24) is 10.3 Å². The summed E-state index contributed by atoms with van der Waals surface area (Å²) in [6, 6.07) is 18.9. The van der Waals surface area contributed by atoms with E-state index in [1.54, 1.807) is 18.3 Å². The average molecular weight is 388 g/mol. The lowest BCUT2D eigenvalue weighted by Gasteiger charge is -2.34. The number of anilines is 1.